The predicted octanol–water partition coefficient (Wildman–Crippen LogP) is 2.62. The van der Waals surface area contributed by atoms with Crippen molar-refractivity contribution >= 4 is 24.2 Å². The molecule has 3 nitrogen and oxygen atoms in total. The van der Waals surface area contributed by atoms with Crippen LogP contribution >= 0.6 is 24.2 Å². The molecule has 0 aliphatic rings. The second-order valence-corrected chi connectivity index (χ2v) is 3.79. The number of hydrogen-bond donors (Lipinski definition) is 1. The fourth-order valence-electron chi connectivity index (χ4n) is 0.710. The van der Waals surface area contributed by atoms with E-state index in [0.29, 0.717) is 0 Å². The molecule has 12 heavy (non-hydrogen) atoms. The first-order valence-corrected chi connectivity index (χ1v) is 5.14. The largest absolute Gasteiger partial charge is 0.695 e. The van der Waals surface area contributed by atoms with Gasteiger partial charge in [0.05, 0.1) is 0 Å². The van der Waals surface area contributed by atoms with Crippen molar-refractivity contribution in [1.29, 1.82) is 0 Å². The highest BCUT2D eigenvalue weighted by Gasteiger charge is 2.11. The number of rotatable bonds is 3. The zero-order chi connectivity index (χ0) is 8.97. The maximum atomic E-state index is 10.2. The second-order valence-electron chi connectivity index (χ2n) is 2.14. The van der Waals surface area contributed by atoms with Gasteiger partial charge in [-0.15, -0.1) is 9.42 Å². The highest BCUT2D eigenvalue weighted by atomic mass is 79.9. The van der Waals surface area contributed by atoms with E-state index in [-0.39, 0.29) is 6.61 Å². The van der Waals surface area contributed by atoms with E-state index in [9.17, 15) is 4.57 Å². The first-order valence-electron chi connectivity index (χ1n) is 3.22. The highest BCUT2D eigenvalue weighted by Crippen LogP contribution is 2.18. The van der Waals surface area contributed by atoms with Crippen LogP contribution in [0.5, 0.6) is 0 Å². The van der Waals surface area contributed by atoms with Crippen molar-refractivity contribution in [2.75, 3.05) is 0 Å². The standard InChI is InChI=1S/C7H6BrO3P/c8-7-3-1-6(2-4-7)5-11-12(9)10/h1-4H,5H2/p+1. The molecule has 1 rings (SSSR count). The lowest BCUT2D eigenvalue weighted by atomic mass is 10.2. The molecule has 64 valence electrons. The zero-order valence-corrected chi connectivity index (χ0v) is 8.59. The van der Waals surface area contributed by atoms with Gasteiger partial charge in [-0.3, -0.25) is 0 Å². The Morgan fingerprint density at radius 1 is 1.42 bits per heavy atom. The highest BCUT2D eigenvalue weighted by molar-refractivity contribution is 9.10. The van der Waals surface area contributed by atoms with Crippen LogP contribution in [-0.4, -0.2) is 4.89 Å². The Hall–Kier alpha value is -0.280. The van der Waals surface area contributed by atoms with Crippen molar-refractivity contribution in [3.05, 3.63) is 34.3 Å². The molecule has 5 heteroatoms. The van der Waals surface area contributed by atoms with Gasteiger partial charge in [-0.2, -0.15) is 0 Å². The number of benzene rings is 1. The zero-order valence-electron chi connectivity index (χ0n) is 6.11. The summed E-state index contributed by atoms with van der Waals surface area (Å²) in [6.45, 7) is 0.166. The van der Waals surface area contributed by atoms with Crippen molar-refractivity contribution in [3.63, 3.8) is 0 Å². The third-order valence-electron chi connectivity index (χ3n) is 1.25. The van der Waals surface area contributed by atoms with Crippen LogP contribution in [0.15, 0.2) is 28.7 Å². The van der Waals surface area contributed by atoms with Crippen LogP contribution in [-0.2, 0) is 15.7 Å². The molecule has 0 saturated carbocycles. The predicted molar refractivity (Wildman–Crippen MR) is 48.8 cm³/mol. The van der Waals surface area contributed by atoms with Gasteiger partial charge in [0.25, 0.3) is 0 Å². The Labute approximate surface area is 79.4 Å². The lowest BCUT2D eigenvalue weighted by Gasteiger charge is -1.93. The quantitative estimate of drug-likeness (QED) is 0.838. The topological polar surface area (TPSA) is 46.5 Å². The van der Waals surface area contributed by atoms with Gasteiger partial charge < -0.3 is 0 Å². The SMILES string of the molecule is O=[P+](O)OCc1ccc(Br)cc1. The summed E-state index contributed by atoms with van der Waals surface area (Å²) < 4.78 is 15.6. The molecule has 0 radical (unpaired) electrons. The lowest BCUT2D eigenvalue weighted by Crippen LogP contribution is -1.84. The number of halogens is 1. The molecule has 0 saturated heterocycles. The maximum Gasteiger partial charge on any atom is 0.695 e. The summed E-state index contributed by atoms with van der Waals surface area (Å²) in [5.74, 6) is 0. The average molecular weight is 250 g/mol. The van der Waals surface area contributed by atoms with Gasteiger partial charge in [-0.05, 0) is 17.7 Å². The summed E-state index contributed by atoms with van der Waals surface area (Å²) in [6.07, 6.45) is 0. The normalized spacial score (nSPS) is 11.3. The molecule has 1 aromatic rings. The molecule has 0 aliphatic heterocycles. The van der Waals surface area contributed by atoms with Crippen LogP contribution in [0.3, 0.4) is 0 Å². The smallest absolute Gasteiger partial charge is 0.133 e. The molecule has 0 fully saturated rings. The van der Waals surface area contributed by atoms with Gasteiger partial charge in [-0.1, -0.05) is 28.1 Å². The van der Waals surface area contributed by atoms with Gasteiger partial charge in [0, 0.05) is 9.04 Å². The van der Waals surface area contributed by atoms with Crippen molar-refractivity contribution in [2.24, 2.45) is 0 Å². The third-order valence-corrected chi connectivity index (χ3v) is 2.13. The number of hydrogen-bond acceptors (Lipinski definition) is 2. The van der Waals surface area contributed by atoms with E-state index in [2.05, 4.69) is 20.5 Å². The molecule has 1 atom stereocenters. The Morgan fingerprint density at radius 2 is 2.00 bits per heavy atom. The summed E-state index contributed by atoms with van der Waals surface area (Å²) in [5, 5.41) is 0. The van der Waals surface area contributed by atoms with Gasteiger partial charge >= 0.3 is 8.25 Å². The van der Waals surface area contributed by atoms with Gasteiger partial charge in [0.1, 0.15) is 6.61 Å². The molecule has 0 bridgehead atoms. The van der Waals surface area contributed by atoms with Crippen LogP contribution in [0.1, 0.15) is 5.56 Å². The summed E-state index contributed by atoms with van der Waals surface area (Å²) in [7, 11) is -2.49. The van der Waals surface area contributed by atoms with Gasteiger partial charge in [-0.25, -0.2) is 0 Å². The molecule has 0 heterocycles. The molecule has 0 amide bonds. The Kier molecular flexibility index (Phi) is 3.82. The molecule has 0 aromatic heterocycles. The fraction of sp³-hybridized carbons (Fsp3) is 0.143. The molecule has 0 spiro atoms. The summed E-state index contributed by atoms with van der Waals surface area (Å²) >= 11 is 3.28. The Bertz CT molecular complexity index is 272. The van der Waals surface area contributed by atoms with Gasteiger partial charge in [0.15, 0.2) is 0 Å². The summed E-state index contributed by atoms with van der Waals surface area (Å²) in [4.78, 5) is 8.35. The Morgan fingerprint density at radius 3 is 2.50 bits per heavy atom. The van der Waals surface area contributed by atoms with E-state index in [4.69, 9.17) is 4.89 Å². The van der Waals surface area contributed by atoms with E-state index < -0.39 is 8.25 Å². The summed E-state index contributed by atoms with van der Waals surface area (Å²) in [6, 6.07) is 7.35. The summed E-state index contributed by atoms with van der Waals surface area (Å²) in [5.41, 5.74) is 0.871. The molecular weight excluding hydrogens is 243 g/mol. The van der Waals surface area contributed by atoms with Crippen LogP contribution in [0, 0.1) is 0 Å². The van der Waals surface area contributed by atoms with Crippen molar-refractivity contribution in [1.82, 2.24) is 0 Å². The molecule has 1 aromatic carbocycles. The first-order chi connectivity index (χ1) is 5.68. The minimum absolute atomic E-state index is 0.166. The van der Waals surface area contributed by atoms with E-state index in [1.807, 2.05) is 24.3 Å². The van der Waals surface area contributed by atoms with E-state index >= 15 is 0 Å². The fourth-order valence-corrected chi connectivity index (χ4v) is 1.23. The molecule has 1 N–H and O–H groups in total. The third kappa shape index (κ3) is 3.41. The van der Waals surface area contributed by atoms with Crippen LogP contribution < -0.4 is 0 Å². The van der Waals surface area contributed by atoms with E-state index in [1.165, 1.54) is 0 Å². The Balaban J connectivity index is 2.53. The van der Waals surface area contributed by atoms with E-state index in [1.54, 1.807) is 0 Å². The second kappa shape index (κ2) is 4.67. The molecular formula is C7H7BrO3P+. The average Bonchev–Trinajstić information content (AvgIpc) is 2.03. The molecule has 0 aliphatic carbocycles. The molecule has 1 unspecified atom stereocenters. The first kappa shape index (κ1) is 9.81. The minimum Gasteiger partial charge on any atom is -0.133 e. The minimum atomic E-state index is -2.49. The maximum absolute atomic E-state index is 10.2. The van der Waals surface area contributed by atoms with Crippen molar-refractivity contribution in [3.8, 4) is 0 Å². The van der Waals surface area contributed by atoms with Gasteiger partial charge in [0.2, 0.25) is 0 Å². The van der Waals surface area contributed by atoms with Crippen molar-refractivity contribution in [2.45, 2.75) is 6.61 Å². The van der Waals surface area contributed by atoms with Crippen LogP contribution in [0.25, 0.3) is 0 Å². The van der Waals surface area contributed by atoms with Crippen molar-refractivity contribution < 1.29 is 14.0 Å². The van der Waals surface area contributed by atoms with Crippen LogP contribution in [0.2, 0.25) is 0 Å². The van der Waals surface area contributed by atoms with Crippen LogP contribution in [0.4, 0.5) is 0 Å². The van der Waals surface area contributed by atoms with E-state index in [0.717, 1.165) is 10.0 Å². The lowest BCUT2D eigenvalue weighted by molar-refractivity contribution is 0.272. The monoisotopic (exact) mass is 249 g/mol.